The fraction of sp³-hybridized carbons (Fsp3) is 0.333. The lowest BCUT2D eigenvalue weighted by molar-refractivity contribution is 0.0196. The lowest BCUT2D eigenvalue weighted by Gasteiger charge is -2.39. The zero-order valence-electron chi connectivity index (χ0n) is 24.2. The van der Waals surface area contributed by atoms with Crippen molar-refractivity contribution in [2.24, 2.45) is 7.05 Å². The van der Waals surface area contributed by atoms with Crippen molar-refractivity contribution in [2.75, 3.05) is 18.0 Å². The standard InChI is InChI=1S/C30H31FN8O3S/c1-30(2,3)42-29(41)38-11-5-6-20(16-38)39(27-22-13-26(19-14-33-34-15-19)43-25(22)9-10-32-27)28(40)21-8-7-18(12-23(21)31)24-17-37(4)36-35-24/h7-10,12-15,17,20H,5-6,11,16H2,1-4H3,(H,33,34)/t20-/m1/s1. The maximum atomic E-state index is 15.7. The molecule has 13 heteroatoms. The summed E-state index contributed by atoms with van der Waals surface area (Å²) in [4.78, 5) is 36.2. The lowest BCUT2D eigenvalue weighted by Crippen LogP contribution is -2.53. The number of H-pyrrole nitrogens is 1. The molecule has 1 N–H and O–H groups in total. The zero-order valence-corrected chi connectivity index (χ0v) is 25.1. The first-order valence-corrected chi connectivity index (χ1v) is 14.7. The van der Waals surface area contributed by atoms with E-state index in [0.29, 0.717) is 36.5 Å². The van der Waals surface area contributed by atoms with Gasteiger partial charge in [-0.2, -0.15) is 5.10 Å². The fourth-order valence-electron chi connectivity index (χ4n) is 5.22. The Kier molecular flexibility index (Phi) is 7.42. The number of nitrogens with zero attached hydrogens (tertiary/aromatic N) is 7. The van der Waals surface area contributed by atoms with Crippen LogP contribution in [0.3, 0.4) is 0 Å². The fourth-order valence-corrected chi connectivity index (χ4v) is 6.25. The number of piperidine rings is 1. The third-order valence-electron chi connectivity index (χ3n) is 7.17. The second kappa shape index (κ2) is 11.2. The van der Waals surface area contributed by atoms with E-state index in [4.69, 9.17) is 4.74 Å². The van der Waals surface area contributed by atoms with Gasteiger partial charge in [0.15, 0.2) is 0 Å². The van der Waals surface area contributed by atoms with Gasteiger partial charge in [0.2, 0.25) is 0 Å². The molecule has 0 spiro atoms. The number of pyridine rings is 1. The number of aryl methyl sites for hydroxylation is 1. The number of halogens is 1. The molecule has 0 unspecified atom stereocenters. The number of fused-ring (bicyclic) bond motifs is 1. The van der Waals surface area contributed by atoms with Crippen molar-refractivity contribution in [1.82, 2.24) is 35.1 Å². The number of carbonyl (C=O) groups excluding carboxylic acids is 2. The number of nitrogens with one attached hydrogen (secondary N) is 1. The van der Waals surface area contributed by atoms with Crippen LogP contribution in [-0.4, -0.2) is 71.8 Å². The molecule has 0 radical (unpaired) electrons. The second-order valence-electron chi connectivity index (χ2n) is 11.5. The molecule has 5 heterocycles. The molecule has 2 amide bonds. The Morgan fingerprint density at radius 2 is 2.02 bits per heavy atom. The predicted molar refractivity (Wildman–Crippen MR) is 161 cm³/mol. The van der Waals surface area contributed by atoms with Gasteiger partial charge in [0.1, 0.15) is 22.9 Å². The van der Waals surface area contributed by atoms with Crippen molar-refractivity contribution in [2.45, 2.75) is 45.3 Å². The number of hydrogen-bond acceptors (Lipinski definition) is 8. The van der Waals surface area contributed by atoms with Crippen molar-refractivity contribution in [3.8, 4) is 21.7 Å². The molecule has 5 aromatic rings. The number of anilines is 1. The molecule has 0 saturated carbocycles. The first-order valence-electron chi connectivity index (χ1n) is 13.9. The molecule has 222 valence electrons. The molecule has 0 aliphatic carbocycles. The Bertz CT molecular complexity index is 1790. The van der Waals surface area contributed by atoms with Crippen molar-refractivity contribution in [1.29, 1.82) is 0 Å². The highest BCUT2D eigenvalue weighted by Crippen LogP contribution is 2.39. The van der Waals surface area contributed by atoms with Gasteiger partial charge in [-0.05, 0) is 57.9 Å². The highest BCUT2D eigenvalue weighted by molar-refractivity contribution is 7.22. The van der Waals surface area contributed by atoms with E-state index in [1.807, 2.05) is 32.9 Å². The minimum absolute atomic E-state index is 0.105. The van der Waals surface area contributed by atoms with E-state index >= 15 is 4.39 Å². The number of rotatable bonds is 5. The Morgan fingerprint density at radius 1 is 1.19 bits per heavy atom. The Hall–Kier alpha value is -4.65. The van der Waals surface area contributed by atoms with Crippen molar-refractivity contribution < 1.29 is 18.7 Å². The first kappa shape index (κ1) is 28.5. The van der Waals surface area contributed by atoms with Crippen molar-refractivity contribution >= 4 is 39.2 Å². The van der Waals surface area contributed by atoms with E-state index in [0.717, 1.165) is 20.5 Å². The van der Waals surface area contributed by atoms with Crippen LogP contribution < -0.4 is 4.90 Å². The Balaban J connectivity index is 1.42. The summed E-state index contributed by atoms with van der Waals surface area (Å²) < 4.78 is 23.8. The summed E-state index contributed by atoms with van der Waals surface area (Å²) in [6, 6.07) is 7.80. The van der Waals surface area contributed by atoms with Gasteiger partial charge < -0.3 is 9.64 Å². The summed E-state index contributed by atoms with van der Waals surface area (Å²) in [5.74, 6) is -0.827. The topological polar surface area (TPSA) is 122 Å². The molecule has 1 saturated heterocycles. The molecule has 4 aromatic heterocycles. The van der Waals surface area contributed by atoms with E-state index in [-0.39, 0.29) is 12.1 Å². The number of benzene rings is 1. The molecule has 1 aromatic carbocycles. The molecule has 1 aliphatic rings. The number of thiophene rings is 1. The van der Waals surface area contributed by atoms with E-state index in [9.17, 15) is 9.59 Å². The summed E-state index contributed by atoms with van der Waals surface area (Å²) in [5.41, 5.74) is 1.13. The first-order chi connectivity index (χ1) is 20.6. The number of hydrogen-bond donors (Lipinski definition) is 1. The number of carbonyl (C=O) groups is 2. The third-order valence-corrected chi connectivity index (χ3v) is 8.31. The van der Waals surface area contributed by atoms with Crippen LogP contribution in [0.2, 0.25) is 0 Å². The van der Waals surface area contributed by atoms with Gasteiger partial charge in [-0.3, -0.25) is 19.5 Å². The van der Waals surface area contributed by atoms with Crippen LogP contribution in [0.15, 0.2) is 55.1 Å². The van der Waals surface area contributed by atoms with Gasteiger partial charge in [-0.1, -0.05) is 11.3 Å². The third kappa shape index (κ3) is 5.85. The van der Waals surface area contributed by atoms with Gasteiger partial charge in [0, 0.05) is 58.6 Å². The molecule has 1 aliphatic heterocycles. The minimum atomic E-state index is -0.686. The summed E-state index contributed by atoms with van der Waals surface area (Å²) in [6.07, 6.45) is 7.64. The molecule has 1 atom stereocenters. The Morgan fingerprint density at radius 3 is 2.72 bits per heavy atom. The Labute approximate surface area is 251 Å². The van der Waals surface area contributed by atoms with Crippen molar-refractivity contribution in [3.63, 3.8) is 0 Å². The minimum Gasteiger partial charge on any atom is -0.444 e. The maximum Gasteiger partial charge on any atom is 0.410 e. The predicted octanol–water partition coefficient (Wildman–Crippen LogP) is 5.67. The number of amides is 2. The lowest BCUT2D eigenvalue weighted by atomic mass is 10.0. The molecule has 11 nitrogen and oxygen atoms in total. The quantitative estimate of drug-likeness (QED) is 0.275. The summed E-state index contributed by atoms with van der Waals surface area (Å²) >= 11 is 1.55. The molecule has 1 fully saturated rings. The van der Waals surface area contributed by atoms with E-state index < -0.39 is 29.5 Å². The molecule has 6 rings (SSSR count). The second-order valence-corrected chi connectivity index (χ2v) is 12.6. The van der Waals surface area contributed by atoms with Crippen LogP contribution in [-0.2, 0) is 11.8 Å². The largest absolute Gasteiger partial charge is 0.444 e. The van der Waals surface area contributed by atoms with Crippen LogP contribution in [0.4, 0.5) is 15.0 Å². The van der Waals surface area contributed by atoms with E-state index in [1.54, 1.807) is 59.0 Å². The van der Waals surface area contributed by atoms with Gasteiger partial charge in [-0.25, -0.2) is 14.2 Å². The van der Waals surface area contributed by atoms with Gasteiger partial charge in [0.25, 0.3) is 5.91 Å². The zero-order chi connectivity index (χ0) is 30.3. The molecule has 0 bridgehead atoms. The summed E-state index contributed by atoms with van der Waals surface area (Å²) in [7, 11) is 1.73. The number of likely N-dealkylation sites (tertiary alicyclic amines) is 1. The van der Waals surface area contributed by atoms with Crippen molar-refractivity contribution in [3.05, 3.63) is 66.5 Å². The highest BCUT2D eigenvalue weighted by Gasteiger charge is 2.36. The van der Waals surface area contributed by atoms with Crippen LogP contribution in [0, 0.1) is 5.82 Å². The maximum absolute atomic E-state index is 15.7. The highest BCUT2D eigenvalue weighted by atomic mass is 32.1. The average Bonchev–Trinajstić information content (AvgIpc) is 3.73. The van der Waals surface area contributed by atoms with E-state index in [1.165, 1.54) is 16.8 Å². The number of aromatic nitrogens is 6. The average molecular weight is 603 g/mol. The van der Waals surface area contributed by atoms with Gasteiger partial charge in [0.05, 0.1) is 24.0 Å². The summed E-state index contributed by atoms with van der Waals surface area (Å²) in [5, 5.41) is 15.6. The monoisotopic (exact) mass is 602 g/mol. The SMILES string of the molecule is Cn1cc(-c2ccc(C(=O)N(c3nccc4sc(-c5cn[nH]c5)cc34)[C@@H]3CCCN(C(=O)OC(C)(C)C)C3)c(F)c2)nn1. The number of ether oxygens (including phenoxy) is 1. The van der Waals surface area contributed by atoms with Crippen LogP contribution in [0.1, 0.15) is 44.0 Å². The molecular weight excluding hydrogens is 571 g/mol. The number of aromatic amines is 1. The van der Waals surface area contributed by atoms with Crippen LogP contribution >= 0.6 is 11.3 Å². The van der Waals surface area contributed by atoms with Gasteiger partial charge >= 0.3 is 6.09 Å². The van der Waals surface area contributed by atoms with Crippen LogP contribution in [0.25, 0.3) is 31.8 Å². The normalized spacial score (nSPS) is 15.6. The molecular formula is C30H31FN8O3S. The van der Waals surface area contributed by atoms with E-state index in [2.05, 4.69) is 25.5 Å². The summed E-state index contributed by atoms with van der Waals surface area (Å²) in [6.45, 7) is 6.16. The van der Waals surface area contributed by atoms with Crippen LogP contribution in [0.5, 0.6) is 0 Å². The molecule has 43 heavy (non-hydrogen) atoms. The smallest absolute Gasteiger partial charge is 0.410 e. The van der Waals surface area contributed by atoms with Gasteiger partial charge in [-0.15, -0.1) is 16.4 Å².